The van der Waals surface area contributed by atoms with Gasteiger partial charge >= 0.3 is 0 Å². The van der Waals surface area contributed by atoms with E-state index in [0.717, 1.165) is 18.6 Å². The molecule has 2 aromatic rings. The number of aryl methyl sites for hydroxylation is 2. The largest absolute Gasteiger partial charge is 0.330 e. The van der Waals surface area contributed by atoms with Crippen LogP contribution < -0.4 is 5.32 Å². The third kappa shape index (κ3) is 3.35. The first-order chi connectivity index (χ1) is 8.97. The van der Waals surface area contributed by atoms with E-state index in [0.29, 0.717) is 12.0 Å². The molecule has 19 heavy (non-hydrogen) atoms. The van der Waals surface area contributed by atoms with Crippen LogP contribution in [0.4, 0.5) is 0 Å². The number of nitrogens with one attached hydrogen (secondary N) is 1. The van der Waals surface area contributed by atoms with Gasteiger partial charge in [0.25, 0.3) is 0 Å². The lowest BCUT2D eigenvalue weighted by Crippen LogP contribution is -2.29. The number of fused-ring (bicyclic) bond motifs is 1. The molecule has 1 atom stereocenters. The van der Waals surface area contributed by atoms with E-state index >= 15 is 0 Å². The predicted octanol–water partition coefficient (Wildman–Crippen LogP) is 3.29. The summed E-state index contributed by atoms with van der Waals surface area (Å²) >= 11 is 0. The van der Waals surface area contributed by atoms with Gasteiger partial charge < -0.3 is 9.88 Å². The molecule has 0 aliphatic carbocycles. The Labute approximate surface area is 116 Å². The Balaban J connectivity index is 2.15. The van der Waals surface area contributed by atoms with Crippen molar-refractivity contribution >= 4 is 11.0 Å². The van der Waals surface area contributed by atoms with Crippen LogP contribution in [-0.4, -0.2) is 22.1 Å². The minimum atomic E-state index is 0.548. The van der Waals surface area contributed by atoms with Crippen LogP contribution in [0.15, 0.2) is 18.5 Å². The number of rotatable bonds is 5. The first-order valence-corrected chi connectivity index (χ1v) is 7.13. The Morgan fingerprint density at radius 1 is 1.16 bits per heavy atom. The van der Waals surface area contributed by atoms with Crippen LogP contribution in [0.2, 0.25) is 0 Å². The van der Waals surface area contributed by atoms with Crippen molar-refractivity contribution in [2.24, 2.45) is 5.92 Å². The maximum atomic E-state index is 4.51. The fraction of sp³-hybridized carbons (Fsp3) is 0.562. The van der Waals surface area contributed by atoms with Crippen molar-refractivity contribution in [3.8, 4) is 0 Å². The van der Waals surface area contributed by atoms with E-state index in [1.165, 1.54) is 16.6 Å². The first-order valence-electron chi connectivity index (χ1n) is 7.13. The summed E-state index contributed by atoms with van der Waals surface area (Å²) in [5.74, 6) is 0.599. The van der Waals surface area contributed by atoms with Crippen molar-refractivity contribution in [3.05, 3.63) is 29.6 Å². The molecule has 0 amide bonds. The molecule has 0 radical (unpaired) electrons. The van der Waals surface area contributed by atoms with Gasteiger partial charge in [0.2, 0.25) is 0 Å². The number of benzene rings is 1. The quantitative estimate of drug-likeness (QED) is 0.893. The fourth-order valence-electron chi connectivity index (χ4n) is 2.30. The highest BCUT2D eigenvalue weighted by atomic mass is 15.0. The van der Waals surface area contributed by atoms with Crippen LogP contribution in [0, 0.1) is 19.8 Å². The molecule has 0 aliphatic heterocycles. The van der Waals surface area contributed by atoms with Crippen LogP contribution >= 0.6 is 0 Å². The summed E-state index contributed by atoms with van der Waals surface area (Å²) in [6, 6.07) is 4.98. The number of hydrogen-bond donors (Lipinski definition) is 1. The second-order valence-electron chi connectivity index (χ2n) is 5.99. The van der Waals surface area contributed by atoms with Gasteiger partial charge in [-0.25, -0.2) is 4.98 Å². The molecule has 1 aromatic heterocycles. The molecule has 1 unspecified atom stereocenters. The van der Waals surface area contributed by atoms with E-state index in [-0.39, 0.29) is 0 Å². The van der Waals surface area contributed by atoms with Gasteiger partial charge in [-0.1, -0.05) is 20.8 Å². The Hall–Kier alpha value is -1.35. The third-order valence-electron chi connectivity index (χ3n) is 3.62. The van der Waals surface area contributed by atoms with Crippen LogP contribution in [0.5, 0.6) is 0 Å². The average Bonchev–Trinajstić information content (AvgIpc) is 2.70. The number of nitrogens with zero attached hydrogens (tertiary/aromatic N) is 2. The highest BCUT2D eigenvalue weighted by molar-refractivity contribution is 5.77. The summed E-state index contributed by atoms with van der Waals surface area (Å²) in [5.41, 5.74) is 5.00. The summed E-state index contributed by atoms with van der Waals surface area (Å²) in [6.07, 6.45) is 1.97. The fourth-order valence-corrected chi connectivity index (χ4v) is 2.30. The van der Waals surface area contributed by atoms with E-state index in [2.05, 4.69) is 61.6 Å². The molecule has 3 heteroatoms. The van der Waals surface area contributed by atoms with Crippen molar-refractivity contribution in [3.63, 3.8) is 0 Å². The third-order valence-corrected chi connectivity index (χ3v) is 3.62. The maximum absolute atomic E-state index is 4.51. The van der Waals surface area contributed by atoms with E-state index < -0.39 is 0 Å². The van der Waals surface area contributed by atoms with Gasteiger partial charge in [0.1, 0.15) is 0 Å². The lowest BCUT2D eigenvalue weighted by atomic mass is 10.1. The molecule has 1 aromatic carbocycles. The molecule has 3 nitrogen and oxygen atoms in total. The van der Waals surface area contributed by atoms with Gasteiger partial charge in [-0.2, -0.15) is 0 Å². The summed E-state index contributed by atoms with van der Waals surface area (Å²) in [5, 5.41) is 3.49. The molecule has 0 saturated carbocycles. The summed E-state index contributed by atoms with van der Waals surface area (Å²) < 4.78 is 2.27. The van der Waals surface area contributed by atoms with Crippen LogP contribution in [-0.2, 0) is 6.54 Å². The monoisotopic (exact) mass is 259 g/mol. The van der Waals surface area contributed by atoms with E-state index in [4.69, 9.17) is 0 Å². The topological polar surface area (TPSA) is 29.9 Å². The molecule has 0 spiro atoms. The van der Waals surface area contributed by atoms with Crippen LogP contribution in [0.25, 0.3) is 11.0 Å². The molecule has 1 heterocycles. The Kier molecular flexibility index (Phi) is 4.25. The predicted molar refractivity (Wildman–Crippen MR) is 81.5 cm³/mol. The molecule has 0 saturated heterocycles. The summed E-state index contributed by atoms with van der Waals surface area (Å²) in [4.78, 5) is 4.51. The van der Waals surface area contributed by atoms with Crippen molar-refractivity contribution < 1.29 is 0 Å². The zero-order chi connectivity index (χ0) is 14.0. The molecule has 1 N–H and O–H groups in total. The molecule has 2 rings (SSSR count). The first kappa shape index (κ1) is 14.1. The zero-order valence-electron chi connectivity index (χ0n) is 12.7. The second-order valence-corrected chi connectivity index (χ2v) is 5.99. The minimum absolute atomic E-state index is 0.548. The Morgan fingerprint density at radius 3 is 2.53 bits per heavy atom. The lowest BCUT2D eigenvalue weighted by molar-refractivity contribution is 0.430. The van der Waals surface area contributed by atoms with Gasteiger partial charge in [0, 0.05) is 12.6 Å². The van der Waals surface area contributed by atoms with Crippen molar-refractivity contribution in [1.82, 2.24) is 14.9 Å². The normalized spacial score (nSPS) is 13.4. The van der Waals surface area contributed by atoms with Crippen molar-refractivity contribution in [1.29, 1.82) is 0 Å². The van der Waals surface area contributed by atoms with Gasteiger partial charge in [0.05, 0.1) is 17.4 Å². The van der Waals surface area contributed by atoms with Crippen molar-refractivity contribution in [2.45, 2.75) is 47.2 Å². The molecular formula is C16H25N3. The zero-order valence-corrected chi connectivity index (χ0v) is 12.7. The second kappa shape index (κ2) is 5.74. The highest BCUT2D eigenvalue weighted by Crippen LogP contribution is 2.19. The van der Waals surface area contributed by atoms with Crippen molar-refractivity contribution in [2.75, 3.05) is 6.54 Å². The molecular weight excluding hydrogens is 234 g/mol. The smallest absolute Gasteiger partial charge is 0.0958 e. The molecule has 0 aliphatic rings. The average molecular weight is 259 g/mol. The van der Waals surface area contributed by atoms with E-state index in [1.54, 1.807) is 0 Å². The number of imidazole rings is 1. The highest BCUT2D eigenvalue weighted by Gasteiger charge is 2.09. The van der Waals surface area contributed by atoms with Crippen LogP contribution in [0.1, 0.15) is 31.9 Å². The minimum Gasteiger partial charge on any atom is -0.330 e. The SMILES string of the molecule is Cc1cc2ncn(CC(C)CNC(C)C)c2cc1C. The Bertz CT molecular complexity index is 554. The number of aromatic nitrogens is 2. The van der Waals surface area contributed by atoms with E-state index in [9.17, 15) is 0 Å². The maximum Gasteiger partial charge on any atom is 0.0958 e. The van der Waals surface area contributed by atoms with Crippen LogP contribution in [0.3, 0.4) is 0 Å². The summed E-state index contributed by atoms with van der Waals surface area (Å²) in [7, 11) is 0. The van der Waals surface area contributed by atoms with Gasteiger partial charge in [0.15, 0.2) is 0 Å². The molecule has 0 fully saturated rings. The molecule has 104 valence electrons. The Morgan fingerprint density at radius 2 is 1.84 bits per heavy atom. The van der Waals surface area contributed by atoms with Gasteiger partial charge in [-0.3, -0.25) is 0 Å². The molecule has 0 bridgehead atoms. The lowest BCUT2D eigenvalue weighted by Gasteiger charge is -2.16. The standard InChI is InChI=1S/C16H25N3/c1-11(2)17-8-12(3)9-19-10-18-15-6-13(4)14(5)7-16(15)19/h6-7,10-12,17H,8-9H2,1-5H3. The van der Waals surface area contributed by atoms with Gasteiger partial charge in [-0.15, -0.1) is 0 Å². The van der Waals surface area contributed by atoms with E-state index in [1.807, 2.05) is 6.33 Å². The number of hydrogen-bond acceptors (Lipinski definition) is 2. The van der Waals surface area contributed by atoms with Gasteiger partial charge in [-0.05, 0) is 49.6 Å². The summed E-state index contributed by atoms with van der Waals surface area (Å²) in [6.45, 7) is 13.0.